The van der Waals surface area contributed by atoms with Crippen LogP contribution in [0.4, 0.5) is 18.9 Å². The van der Waals surface area contributed by atoms with Crippen LogP contribution in [0.3, 0.4) is 0 Å². The average Bonchev–Trinajstić information content (AvgIpc) is 3.01. The highest BCUT2D eigenvalue weighted by atomic mass is 35.5. The average molecular weight is 346 g/mol. The third-order valence-corrected chi connectivity index (χ3v) is 3.13. The highest BCUT2D eigenvalue weighted by molar-refractivity contribution is 6.30. The van der Waals surface area contributed by atoms with E-state index in [1.807, 2.05) is 6.92 Å². The third-order valence-electron chi connectivity index (χ3n) is 2.90. The van der Waals surface area contributed by atoms with Gasteiger partial charge in [0.1, 0.15) is 18.8 Å². The van der Waals surface area contributed by atoms with Gasteiger partial charge in [-0.2, -0.15) is 13.2 Å². The Hall–Kier alpha value is -1.86. The lowest BCUT2D eigenvalue weighted by atomic mass is 10.1. The lowest BCUT2D eigenvalue weighted by Gasteiger charge is -2.13. The Balaban J connectivity index is 2.42. The summed E-state index contributed by atoms with van der Waals surface area (Å²) in [7, 11) is 0. The fourth-order valence-corrected chi connectivity index (χ4v) is 2.03. The third kappa shape index (κ3) is 4.80. The summed E-state index contributed by atoms with van der Waals surface area (Å²) in [6.07, 6.45) is 0.816. The maximum absolute atomic E-state index is 13.1. The number of benzene rings is 1. The molecule has 1 aromatic carbocycles. The van der Waals surface area contributed by atoms with Crippen LogP contribution in [0.15, 0.2) is 41.9 Å². The van der Waals surface area contributed by atoms with E-state index in [0.717, 1.165) is 12.5 Å². The summed E-state index contributed by atoms with van der Waals surface area (Å²) in [5.41, 5.74) is -1.11. The Kier molecular flexibility index (Phi) is 5.79. The molecule has 0 aliphatic heterocycles. The van der Waals surface area contributed by atoms with E-state index in [4.69, 9.17) is 16.3 Å². The Bertz CT molecular complexity index is 669. The van der Waals surface area contributed by atoms with Crippen LogP contribution in [0, 0.1) is 0 Å². The number of hydrogen-bond acceptors (Lipinski definition) is 3. The molecule has 2 aromatic rings. The number of aliphatic imine (C=N–C) groups is 1. The van der Waals surface area contributed by atoms with Crippen molar-refractivity contribution in [3.05, 3.63) is 47.5 Å². The number of rotatable bonds is 5. The number of hydrogen-bond donors (Lipinski definition) is 0. The van der Waals surface area contributed by atoms with Crippen LogP contribution < -0.4 is 0 Å². The monoisotopic (exact) mass is 345 g/mol. The molecule has 23 heavy (non-hydrogen) atoms. The smallest absolute Gasteiger partial charge is 0.374 e. The van der Waals surface area contributed by atoms with Crippen molar-refractivity contribution in [1.29, 1.82) is 0 Å². The minimum atomic E-state index is -4.55. The summed E-state index contributed by atoms with van der Waals surface area (Å²) >= 11 is 5.67. The lowest BCUT2D eigenvalue weighted by Crippen LogP contribution is -2.18. The van der Waals surface area contributed by atoms with Crippen LogP contribution in [0.5, 0.6) is 0 Å². The van der Waals surface area contributed by atoms with Gasteiger partial charge in [-0.05, 0) is 24.6 Å². The zero-order chi connectivity index (χ0) is 16.9. The van der Waals surface area contributed by atoms with E-state index in [0.29, 0.717) is 12.4 Å². The molecular formula is C15H15ClF3N3O. The number of halogens is 4. The highest BCUT2D eigenvalue weighted by Crippen LogP contribution is 2.38. The van der Waals surface area contributed by atoms with E-state index < -0.39 is 11.7 Å². The van der Waals surface area contributed by atoms with E-state index in [1.54, 1.807) is 6.20 Å². The van der Waals surface area contributed by atoms with Gasteiger partial charge < -0.3 is 4.74 Å². The molecule has 0 spiro atoms. The maximum atomic E-state index is 13.1. The van der Waals surface area contributed by atoms with Gasteiger partial charge in [-0.3, -0.25) is 4.57 Å². The van der Waals surface area contributed by atoms with E-state index in [1.165, 1.54) is 29.2 Å². The van der Waals surface area contributed by atoms with Crippen LogP contribution in [-0.2, 0) is 10.9 Å². The standard InChI is InChI=1S/C15H15ClF3N3O/c1-2-7-23-9-14(22-6-5-20-10-22)21-13-4-3-11(16)8-12(13)15(17,18)19/h3-6,8,10H,2,7,9H2,1H3/b21-14-. The number of aromatic nitrogens is 2. The highest BCUT2D eigenvalue weighted by Gasteiger charge is 2.34. The molecule has 0 bridgehead atoms. The minimum absolute atomic E-state index is 0.00249. The second-order valence-corrected chi connectivity index (χ2v) is 5.15. The molecule has 4 nitrogen and oxygen atoms in total. The number of alkyl halides is 3. The molecule has 0 saturated heterocycles. The first-order valence-electron chi connectivity index (χ1n) is 6.92. The summed E-state index contributed by atoms with van der Waals surface area (Å²) < 4.78 is 46.4. The quantitative estimate of drug-likeness (QED) is 0.452. The SMILES string of the molecule is CCCOC/C(=N/c1ccc(Cl)cc1C(F)(F)F)n1ccnc1. The van der Waals surface area contributed by atoms with Gasteiger partial charge in [0, 0.05) is 24.0 Å². The van der Waals surface area contributed by atoms with E-state index in [2.05, 4.69) is 9.98 Å². The predicted octanol–water partition coefficient (Wildman–Crippen LogP) is 4.56. The summed E-state index contributed by atoms with van der Waals surface area (Å²) in [6.45, 7) is 2.50. The Morgan fingerprint density at radius 1 is 1.39 bits per heavy atom. The first-order chi connectivity index (χ1) is 10.9. The van der Waals surface area contributed by atoms with Gasteiger partial charge in [0.05, 0.1) is 11.3 Å². The summed E-state index contributed by atoms with van der Waals surface area (Å²) in [5, 5.41) is 0.00249. The Morgan fingerprint density at radius 2 is 2.17 bits per heavy atom. The Labute approximate surface area is 136 Å². The van der Waals surface area contributed by atoms with Gasteiger partial charge in [0.15, 0.2) is 0 Å². The molecular weight excluding hydrogens is 331 g/mol. The molecule has 1 aromatic heterocycles. The van der Waals surface area contributed by atoms with Crippen LogP contribution >= 0.6 is 11.6 Å². The molecule has 1 heterocycles. The van der Waals surface area contributed by atoms with Crippen molar-refractivity contribution in [1.82, 2.24) is 9.55 Å². The lowest BCUT2D eigenvalue weighted by molar-refractivity contribution is -0.137. The fraction of sp³-hybridized carbons (Fsp3) is 0.333. The second kappa shape index (κ2) is 7.61. The van der Waals surface area contributed by atoms with E-state index in [-0.39, 0.29) is 17.3 Å². The zero-order valence-electron chi connectivity index (χ0n) is 12.3. The minimum Gasteiger partial charge on any atom is -0.374 e. The van der Waals surface area contributed by atoms with Crippen molar-refractivity contribution in [2.75, 3.05) is 13.2 Å². The topological polar surface area (TPSA) is 39.4 Å². The van der Waals surface area contributed by atoms with Crippen molar-refractivity contribution >= 4 is 23.1 Å². The van der Waals surface area contributed by atoms with Crippen molar-refractivity contribution in [3.63, 3.8) is 0 Å². The van der Waals surface area contributed by atoms with Crippen LogP contribution in [0.25, 0.3) is 0 Å². The van der Waals surface area contributed by atoms with Gasteiger partial charge in [0.2, 0.25) is 0 Å². The summed E-state index contributed by atoms with van der Waals surface area (Å²) in [6, 6.07) is 3.47. The molecule has 0 amide bonds. The van der Waals surface area contributed by atoms with Gasteiger partial charge in [-0.25, -0.2) is 9.98 Å². The fourth-order valence-electron chi connectivity index (χ4n) is 1.86. The summed E-state index contributed by atoms with van der Waals surface area (Å²) in [4.78, 5) is 8.00. The molecule has 0 fully saturated rings. The first kappa shape index (κ1) is 17.5. The number of nitrogens with zero attached hydrogens (tertiary/aromatic N) is 3. The molecule has 0 aliphatic rings. The van der Waals surface area contributed by atoms with Gasteiger partial charge in [0.25, 0.3) is 0 Å². The van der Waals surface area contributed by atoms with Gasteiger partial charge in [-0.1, -0.05) is 18.5 Å². The zero-order valence-corrected chi connectivity index (χ0v) is 13.1. The number of imidazole rings is 1. The Morgan fingerprint density at radius 3 is 2.78 bits per heavy atom. The van der Waals surface area contributed by atoms with E-state index in [9.17, 15) is 13.2 Å². The molecule has 0 aliphatic carbocycles. The normalized spacial score (nSPS) is 12.7. The molecule has 0 radical (unpaired) electrons. The van der Waals surface area contributed by atoms with Gasteiger partial charge in [-0.15, -0.1) is 0 Å². The molecule has 0 unspecified atom stereocenters. The molecule has 2 rings (SSSR count). The van der Waals surface area contributed by atoms with Crippen LogP contribution in [0.1, 0.15) is 18.9 Å². The van der Waals surface area contributed by atoms with Crippen LogP contribution in [-0.4, -0.2) is 28.6 Å². The maximum Gasteiger partial charge on any atom is 0.418 e. The second-order valence-electron chi connectivity index (χ2n) is 4.71. The predicted molar refractivity (Wildman–Crippen MR) is 82.3 cm³/mol. The molecule has 0 N–H and O–H groups in total. The molecule has 0 saturated carbocycles. The molecule has 124 valence electrons. The van der Waals surface area contributed by atoms with Crippen LogP contribution in [0.2, 0.25) is 5.02 Å². The van der Waals surface area contributed by atoms with Crippen molar-refractivity contribution in [2.45, 2.75) is 19.5 Å². The largest absolute Gasteiger partial charge is 0.418 e. The van der Waals surface area contributed by atoms with Crippen molar-refractivity contribution in [3.8, 4) is 0 Å². The molecule has 0 atom stereocenters. The number of ether oxygens (including phenoxy) is 1. The van der Waals surface area contributed by atoms with E-state index >= 15 is 0 Å². The summed E-state index contributed by atoms with van der Waals surface area (Å²) in [5.74, 6) is 0.309. The first-order valence-corrected chi connectivity index (χ1v) is 7.30. The van der Waals surface area contributed by atoms with Crippen molar-refractivity contribution in [2.24, 2.45) is 4.99 Å². The molecule has 8 heteroatoms. The van der Waals surface area contributed by atoms with Crippen molar-refractivity contribution < 1.29 is 17.9 Å². The van der Waals surface area contributed by atoms with Gasteiger partial charge >= 0.3 is 6.18 Å².